The van der Waals surface area contributed by atoms with Gasteiger partial charge in [0.2, 0.25) is 0 Å². The van der Waals surface area contributed by atoms with Crippen LogP contribution in [0.2, 0.25) is 0 Å². The van der Waals surface area contributed by atoms with Crippen molar-refractivity contribution in [3.63, 3.8) is 0 Å². The van der Waals surface area contributed by atoms with Crippen molar-refractivity contribution in [2.75, 3.05) is 0 Å². The van der Waals surface area contributed by atoms with Gasteiger partial charge in [-0.05, 0) is 25.7 Å². The molecule has 0 aromatic carbocycles. The molecule has 0 saturated heterocycles. The minimum Gasteiger partial charge on any atom is -0.103 e. The van der Waals surface area contributed by atoms with Gasteiger partial charge in [-0.25, -0.2) is 0 Å². The van der Waals surface area contributed by atoms with Crippen LogP contribution in [0.15, 0.2) is 12.7 Å². The van der Waals surface area contributed by atoms with Crippen molar-refractivity contribution in [3.8, 4) is 0 Å². The molecule has 0 amide bonds. The number of halogens is 1. The van der Waals surface area contributed by atoms with Crippen molar-refractivity contribution in [3.05, 3.63) is 12.7 Å². The number of hydrogen-bond donors (Lipinski definition) is 0. The summed E-state index contributed by atoms with van der Waals surface area (Å²) in [6.45, 7) is 12.6. The number of allylic oxidation sites excluding steroid dienone is 1. The zero-order valence-corrected chi connectivity index (χ0v) is 8.96. The molecule has 0 saturated carbocycles. The molecule has 10 heavy (non-hydrogen) atoms. The molecule has 0 aromatic heterocycles. The molecule has 0 fully saturated rings. The Balaban J connectivity index is 4.23. The van der Waals surface area contributed by atoms with Crippen molar-refractivity contribution >= 4 is 15.9 Å². The van der Waals surface area contributed by atoms with E-state index in [0.717, 1.165) is 6.42 Å². The molecular weight excluding hydrogens is 188 g/mol. The van der Waals surface area contributed by atoms with Gasteiger partial charge in [-0.15, -0.1) is 6.58 Å². The Morgan fingerprint density at radius 3 is 1.80 bits per heavy atom. The average Bonchev–Trinajstić information content (AvgIpc) is 1.61. The van der Waals surface area contributed by atoms with E-state index in [1.165, 1.54) is 0 Å². The maximum Gasteiger partial charge on any atom is 0.0255 e. The number of hydrogen-bond acceptors (Lipinski definition) is 0. The molecule has 0 aliphatic rings. The van der Waals surface area contributed by atoms with Crippen LogP contribution in [-0.4, -0.2) is 4.32 Å². The topological polar surface area (TPSA) is 0 Å². The van der Waals surface area contributed by atoms with Crippen LogP contribution in [0.1, 0.15) is 34.1 Å². The van der Waals surface area contributed by atoms with E-state index < -0.39 is 0 Å². The summed E-state index contributed by atoms with van der Waals surface area (Å²) >= 11 is 3.65. The van der Waals surface area contributed by atoms with Crippen LogP contribution in [0.5, 0.6) is 0 Å². The quantitative estimate of drug-likeness (QED) is 0.486. The maximum atomic E-state index is 3.74. The van der Waals surface area contributed by atoms with Crippen molar-refractivity contribution in [1.29, 1.82) is 0 Å². The van der Waals surface area contributed by atoms with Crippen LogP contribution < -0.4 is 0 Å². The number of alkyl halides is 1. The molecule has 0 aliphatic heterocycles. The van der Waals surface area contributed by atoms with Gasteiger partial charge >= 0.3 is 0 Å². The first kappa shape index (κ1) is 10.2. The minimum absolute atomic E-state index is 0.189. The highest BCUT2D eigenvalue weighted by Gasteiger charge is 2.32. The third kappa shape index (κ3) is 2.45. The molecule has 60 valence electrons. The molecule has 0 unspecified atom stereocenters. The van der Waals surface area contributed by atoms with Crippen molar-refractivity contribution in [2.24, 2.45) is 5.41 Å². The molecule has 1 heteroatoms. The third-order valence-corrected chi connectivity index (χ3v) is 3.34. The fourth-order valence-corrected chi connectivity index (χ4v) is 0.765. The van der Waals surface area contributed by atoms with Crippen LogP contribution in [0.3, 0.4) is 0 Å². The molecule has 0 aromatic rings. The summed E-state index contributed by atoms with van der Waals surface area (Å²) in [5.41, 5.74) is 0.286. The summed E-state index contributed by atoms with van der Waals surface area (Å²) < 4.78 is 0.189. The van der Waals surface area contributed by atoms with E-state index in [1.807, 2.05) is 6.08 Å². The molecule has 0 bridgehead atoms. The predicted molar refractivity (Wildman–Crippen MR) is 51.6 cm³/mol. The van der Waals surface area contributed by atoms with Crippen molar-refractivity contribution in [2.45, 2.75) is 38.4 Å². The maximum absolute atomic E-state index is 3.74. The highest BCUT2D eigenvalue weighted by Crippen LogP contribution is 2.40. The summed E-state index contributed by atoms with van der Waals surface area (Å²) in [5.74, 6) is 0. The first-order valence-electron chi connectivity index (χ1n) is 3.61. The third-order valence-electron chi connectivity index (χ3n) is 2.26. The Hall–Kier alpha value is 0.220. The van der Waals surface area contributed by atoms with Gasteiger partial charge in [0.15, 0.2) is 0 Å². The monoisotopic (exact) mass is 204 g/mol. The Kier molecular flexibility index (Phi) is 3.15. The molecular formula is C9H17Br. The summed E-state index contributed by atoms with van der Waals surface area (Å²) in [4.78, 5) is 0. The molecule has 0 aliphatic carbocycles. The van der Waals surface area contributed by atoms with Gasteiger partial charge in [-0.1, -0.05) is 35.9 Å². The van der Waals surface area contributed by atoms with Gasteiger partial charge < -0.3 is 0 Å². The molecule has 0 rings (SSSR count). The largest absolute Gasteiger partial charge is 0.103 e. The Bertz CT molecular complexity index is 117. The predicted octanol–water partition coefficient (Wildman–Crippen LogP) is 3.76. The number of rotatable bonds is 3. The fraction of sp³-hybridized carbons (Fsp3) is 0.778. The Morgan fingerprint density at radius 2 is 1.70 bits per heavy atom. The highest BCUT2D eigenvalue weighted by atomic mass is 79.9. The van der Waals surface area contributed by atoms with Crippen LogP contribution >= 0.6 is 15.9 Å². The van der Waals surface area contributed by atoms with Gasteiger partial charge in [-0.2, -0.15) is 0 Å². The van der Waals surface area contributed by atoms with E-state index in [4.69, 9.17) is 0 Å². The lowest BCUT2D eigenvalue weighted by molar-refractivity contribution is 0.294. The van der Waals surface area contributed by atoms with Crippen molar-refractivity contribution < 1.29 is 0 Å². The molecule has 0 heterocycles. The first-order valence-corrected chi connectivity index (χ1v) is 4.40. The highest BCUT2D eigenvalue weighted by molar-refractivity contribution is 9.10. The van der Waals surface area contributed by atoms with Gasteiger partial charge in [0.05, 0.1) is 0 Å². The van der Waals surface area contributed by atoms with Crippen LogP contribution in [0.4, 0.5) is 0 Å². The second-order valence-corrected chi connectivity index (χ2v) is 5.83. The smallest absolute Gasteiger partial charge is 0.0255 e. The SMILES string of the molecule is C=CCC(C)(C)C(C)(C)Br. The van der Waals surface area contributed by atoms with Gasteiger partial charge in [0.1, 0.15) is 0 Å². The van der Waals surface area contributed by atoms with Crippen LogP contribution in [-0.2, 0) is 0 Å². The molecule has 0 atom stereocenters. The Labute approximate surface area is 72.8 Å². The minimum atomic E-state index is 0.189. The Morgan fingerprint density at radius 1 is 1.30 bits per heavy atom. The lowest BCUT2D eigenvalue weighted by Crippen LogP contribution is -2.32. The molecule has 0 N–H and O–H groups in total. The van der Waals surface area contributed by atoms with Crippen LogP contribution in [0, 0.1) is 5.41 Å². The molecule has 0 spiro atoms. The van der Waals surface area contributed by atoms with Crippen LogP contribution in [0.25, 0.3) is 0 Å². The summed E-state index contributed by atoms with van der Waals surface area (Å²) in [6.07, 6.45) is 3.02. The lowest BCUT2D eigenvalue weighted by atomic mass is 9.78. The zero-order chi connectivity index (χ0) is 8.41. The zero-order valence-electron chi connectivity index (χ0n) is 7.37. The molecule has 0 radical (unpaired) electrons. The summed E-state index contributed by atoms with van der Waals surface area (Å²) in [6, 6.07) is 0. The van der Waals surface area contributed by atoms with E-state index in [1.54, 1.807) is 0 Å². The van der Waals surface area contributed by atoms with Gasteiger partial charge in [0.25, 0.3) is 0 Å². The normalized spacial score (nSPS) is 13.3. The first-order chi connectivity index (χ1) is 4.31. The second kappa shape index (κ2) is 3.08. The fourth-order valence-electron chi connectivity index (χ4n) is 0.604. The van der Waals surface area contributed by atoms with Crippen molar-refractivity contribution in [1.82, 2.24) is 0 Å². The second-order valence-electron chi connectivity index (χ2n) is 3.85. The molecule has 0 nitrogen and oxygen atoms in total. The summed E-state index contributed by atoms with van der Waals surface area (Å²) in [5, 5.41) is 0. The van der Waals surface area contributed by atoms with E-state index in [2.05, 4.69) is 50.2 Å². The van der Waals surface area contributed by atoms with E-state index in [9.17, 15) is 0 Å². The summed E-state index contributed by atoms with van der Waals surface area (Å²) in [7, 11) is 0. The lowest BCUT2D eigenvalue weighted by Gasteiger charge is -2.36. The van der Waals surface area contributed by atoms with E-state index in [-0.39, 0.29) is 9.74 Å². The average molecular weight is 205 g/mol. The van der Waals surface area contributed by atoms with Gasteiger partial charge in [-0.3, -0.25) is 0 Å². The van der Waals surface area contributed by atoms with Gasteiger partial charge in [0, 0.05) is 4.32 Å². The standard InChI is InChI=1S/C9H17Br/c1-6-7-8(2,3)9(4,5)10/h6H,1,7H2,2-5H3. The van der Waals surface area contributed by atoms with E-state index >= 15 is 0 Å². The van der Waals surface area contributed by atoms with E-state index in [0.29, 0.717) is 0 Å².